The molecular formula is C37H55F2N5O12S. The Morgan fingerprint density at radius 1 is 0.719 bits per heavy atom. The summed E-state index contributed by atoms with van der Waals surface area (Å²) >= 11 is 0. The zero-order chi connectivity index (χ0) is 41.7. The number of hydrogen-bond donors (Lipinski definition) is 4. The van der Waals surface area contributed by atoms with Gasteiger partial charge < -0.3 is 54.7 Å². The van der Waals surface area contributed by atoms with Crippen LogP contribution in [0.5, 0.6) is 11.5 Å². The van der Waals surface area contributed by atoms with E-state index in [1.807, 2.05) is 0 Å². The number of guanidine groups is 1. The monoisotopic (exact) mass is 831 g/mol. The lowest BCUT2D eigenvalue weighted by molar-refractivity contribution is -0.122. The molecule has 57 heavy (non-hydrogen) atoms. The van der Waals surface area contributed by atoms with Gasteiger partial charge in [0, 0.05) is 31.7 Å². The number of nitrogens with one attached hydrogen (secondary N) is 2. The molecule has 0 fully saturated rings. The van der Waals surface area contributed by atoms with Crippen molar-refractivity contribution in [3.63, 3.8) is 0 Å². The van der Waals surface area contributed by atoms with E-state index in [9.17, 15) is 26.8 Å². The van der Waals surface area contributed by atoms with Gasteiger partial charge in [-0.05, 0) is 61.4 Å². The van der Waals surface area contributed by atoms with Crippen molar-refractivity contribution >= 4 is 33.9 Å². The highest BCUT2D eigenvalue weighted by Gasteiger charge is 2.17. The highest BCUT2D eigenvalue weighted by atomic mass is 32.2. The average Bonchev–Trinajstić information content (AvgIpc) is 3.16. The van der Waals surface area contributed by atoms with Crippen LogP contribution in [0.15, 0.2) is 51.9 Å². The predicted molar refractivity (Wildman–Crippen MR) is 206 cm³/mol. The molecule has 6 N–H and O–H groups in total. The van der Waals surface area contributed by atoms with Crippen molar-refractivity contribution < 1.29 is 64.7 Å². The molecule has 0 heterocycles. The third-order valence-electron chi connectivity index (χ3n) is 7.11. The number of nitrogens with two attached hydrogens (primary N) is 2. The van der Waals surface area contributed by atoms with Crippen LogP contribution in [0, 0.1) is 11.6 Å². The Hall–Kier alpha value is -4.12. The van der Waals surface area contributed by atoms with Crippen molar-refractivity contribution in [1.82, 2.24) is 10.0 Å². The molecule has 2 rings (SSSR count). The topological polar surface area (TPSA) is 231 Å². The molecule has 0 aliphatic heterocycles. The van der Waals surface area contributed by atoms with Gasteiger partial charge in [-0.3, -0.25) is 9.59 Å². The third kappa shape index (κ3) is 22.4. The number of ether oxygens (including phenoxy) is 8. The SMILES string of the molecule is CCCOCCOCCOCCOCCC(=O)NCCOCCOCCOCCNS(=O)(=O)c1ccc(Oc2c(F)cc(/C=C(\C)C(=O)N=C(N)N)cc2F)cc1. The summed E-state index contributed by atoms with van der Waals surface area (Å²) < 4.78 is 100. The Morgan fingerprint density at radius 3 is 1.70 bits per heavy atom. The maximum atomic E-state index is 14.7. The molecule has 2 aromatic rings. The zero-order valence-corrected chi connectivity index (χ0v) is 33.3. The summed E-state index contributed by atoms with van der Waals surface area (Å²) in [5.41, 5.74) is 10.4. The Balaban J connectivity index is 1.49. The predicted octanol–water partition coefficient (Wildman–Crippen LogP) is 2.27. The lowest BCUT2D eigenvalue weighted by atomic mass is 10.1. The molecule has 0 spiro atoms. The molecule has 20 heteroatoms. The van der Waals surface area contributed by atoms with E-state index < -0.39 is 39.3 Å². The highest BCUT2D eigenvalue weighted by molar-refractivity contribution is 7.89. The van der Waals surface area contributed by atoms with Crippen LogP contribution >= 0.6 is 0 Å². The van der Waals surface area contributed by atoms with Crippen molar-refractivity contribution in [1.29, 1.82) is 0 Å². The number of aliphatic imine (C=N–C) groups is 1. The van der Waals surface area contributed by atoms with Crippen molar-refractivity contribution in [2.24, 2.45) is 16.5 Å². The van der Waals surface area contributed by atoms with E-state index in [2.05, 4.69) is 22.0 Å². The van der Waals surface area contributed by atoms with Crippen LogP contribution in [-0.4, -0.2) is 132 Å². The zero-order valence-electron chi connectivity index (χ0n) is 32.4. The van der Waals surface area contributed by atoms with Gasteiger partial charge in [0.2, 0.25) is 15.9 Å². The summed E-state index contributed by atoms with van der Waals surface area (Å²) in [6, 6.07) is 6.83. The van der Waals surface area contributed by atoms with E-state index in [4.69, 9.17) is 49.4 Å². The van der Waals surface area contributed by atoms with Gasteiger partial charge in [0.25, 0.3) is 5.91 Å². The molecule has 0 unspecified atom stereocenters. The van der Waals surface area contributed by atoms with E-state index in [0.717, 1.165) is 25.2 Å². The lowest BCUT2D eigenvalue weighted by Crippen LogP contribution is -2.28. The van der Waals surface area contributed by atoms with Gasteiger partial charge in [0.15, 0.2) is 23.3 Å². The molecule has 2 amide bonds. The fraction of sp³-hybridized carbons (Fsp3) is 0.541. The smallest absolute Gasteiger partial charge is 0.275 e. The minimum atomic E-state index is -3.91. The molecule has 0 bridgehead atoms. The molecule has 17 nitrogen and oxygen atoms in total. The molecule has 0 atom stereocenters. The van der Waals surface area contributed by atoms with Crippen LogP contribution in [0.3, 0.4) is 0 Å². The largest absolute Gasteiger partial charge is 0.451 e. The van der Waals surface area contributed by atoms with Crippen molar-refractivity contribution in [2.75, 3.05) is 106 Å². The van der Waals surface area contributed by atoms with E-state index in [0.29, 0.717) is 66.0 Å². The molecule has 0 aliphatic carbocycles. The van der Waals surface area contributed by atoms with Crippen LogP contribution in [0.1, 0.15) is 32.3 Å². The Labute approximate surface area is 332 Å². The standard InChI is InChI=1S/C37H55F2N5O12S/c1-3-11-49-15-19-53-23-24-54-20-16-50-12-8-34(45)42-9-13-51-17-21-55-22-18-52-14-10-43-57(47,48)31-6-4-30(5-7-31)56-35-32(38)26-29(27-33(35)39)25-28(2)36(46)44-37(40)41/h4-7,25-27,43H,3,8-24H2,1-2H3,(H,42,45)(H4,40,41,44,46)/b28-25+. The van der Waals surface area contributed by atoms with Gasteiger partial charge in [-0.1, -0.05) is 6.92 Å². The number of benzene rings is 2. The van der Waals surface area contributed by atoms with Crippen LogP contribution in [-0.2, 0) is 52.8 Å². The fourth-order valence-corrected chi connectivity index (χ4v) is 5.39. The quantitative estimate of drug-likeness (QED) is 0.0359. The number of rotatable bonds is 32. The molecule has 0 saturated heterocycles. The molecule has 0 aliphatic rings. The van der Waals surface area contributed by atoms with E-state index in [1.54, 1.807) is 0 Å². The maximum absolute atomic E-state index is 14.7. The Morgan fingerprint density at radius 2 is 1.19 bits per heavy atom. The van der Waals surface area contributed by atoms with Crippen molar-refractivity contribution in [3.8, 4) is 11.5 Å². The maximum Gasteiger partial charge on any atom is 0.275 e. The second-order valence-electron chi connectivity index (χ2n) is 11.8. The molecule has 0 radical (unpaired) electrons. The van der Waals surface area contributed by atoms with Gasteiger partial charge in [-0.15, -0.1) is 0 Å². The van der Waals surface area contributed by atoms with Gasteiger partial charge in [-0.25, -0.2) is 21.9 Å². The van der Waals surface area contributed by atoms with Crippen LogP contribution in [0.2, 0.25) is 0 Å². The van der Waals surface area contributed by atoms with Crippen LogP contribution in [0.25, 0.3) is 6.08 Å². The summed E-state index contributed by atoms with van der Waals surface area (Å²) in [4.78, 5) is 27.0. The summed E-state index contributed by atoms with van der Waals surface area (Å²) in [5.74, 6) is -4.22. The van der Waals surface area contributed by atoms with Crippen molar-refractivity contribution in [2.45, 2.75) is 31.6 Å². The Bertz CT molecular complexity index is 1620. The molecular weight excluding hydrogens is 776 g/mol. The Kier molecular flexibility index (Phi) is 25.1. The number of hydrogen-bond acceptors (Lipinski definition) is 12. The molecule has 320 valence electrons. The normalized spacial score (nSPS) is 11.8. The van der Waals surface area contributed by atoms with Gasteiger partial charge >= 0.3 is 0 Å². The number of amides is 2. The van der Waals surface area contributed by atoms with E-state index in [1.165, 1.54) is 37.3 Å². The number of sulfonamides is 1. The number of carbonyl (C=O) groups excluding carboxylic acids is 2. The molecule has 0 aromatic heterocycles. The first-order chi connectivity index (χ1) is 27.4. The first kappa shape index (κ1) is 49.0. The second-order valence-corrected chi connectivity index (χ2v) is 13.6. The summed E-state index contributed by atoms with van der Waals surface area (Å²) in [7, 11) is -3.91. The van der Waals surface area contributed by atoms with Gasteiger partial charge in [0.1, 0.15) is 5.75 Å². The molecule has 2 aromatic carbocycles. The number of nitrogens with zero attached hydrogens (tertiary/aromatic N) is 1. The first-order valence-electron chi connectivity index (χ1n) is 18.3. The fourth-order valence-electron chi connectivity index (χ4n) is 4.38. The van der Waals surface area contributed by atoms with Crippen molar-refractivity contribution in [3.05, 3.63) is 59.2 Å². The first-order valence-corrected chi connectivity index (χ1v) is 19.8. The average molecular weight is 832 g/mol. The molecule has 0 saturated carbocycles. The van der Waals surface area contributed by atoms with Gasteiger partial charge in [0.05, 0.1) is 90.8 Å². The minimum absolute atomic E-state index is 0.0177. The third-order valence-corrected chi connectivity index (χ3v) is 8.59. The second kappa shape index (κ2) is 29.1. The highest BCUT2D eigenvalue weighted by Crippen LogP contribution is 2.30. The lowest BCUT2D eigenvalue weighted by Gasteiger charge is -2.11. The number of halogens is 2. The van der Waals surface area contributed by atoms with Crippen LogP contribution < -0.4 is 26.2 Å². The minimum Gasteiger partial charge on any atom is -0.451 e. The van der Waals surface area contributed by atoms with E-state index >= 15 is 0 Å². The summed E-state index contributed by atoms with van der Waals surface area (Å²) in [6.07, 6.45) is 2.42. The number of carbonyl (C=O) groups is 2. The van der Waals surface area contributed by atoms with E-state index in [-0.39, 0.29) is 67.1 Å². The van der Waals surface area contributed by atoms with Crippen LogP contribution in [0.4, 0.5) is 8.78 Å². The van der Waals surface area contributed by atoms with Gasteiger partial charge in [-0.2, -0.15) is 4.99 Å². The summed E-state index contributed by atoms with van der Waals surface area (Å²) in [5, 5.41) is 2.75. The summed E-state index contributed by atoms with van der Waals surface area (Å²) in [6.45, 7) is 9.19.